The van der Waals surface area contributed by atoms with Crippen molar-refractivity contribution in [2.24, 2.45) is 0 Å². The summed E-state index contributed by atoms with van der Waals surface area (Å²) in [4.78, 5) is 37.4. The van der Waals surface area contributed by atoms with Gasteiger partial charge in [-0.2, -0.15) is 0 Å². The molecule has 1 aromatic heterocycles. The molecule has 1 saturated heterocycles. The molecular weight excluding hydrogens is 352 g/mol. The number of benzene rings is 1. The molecule has 134 valence electrons. The maximum absolute atomic E-state index is 12.5. The minimum absolute atomic E-state index is 0.203. The normalized spacial score (nSPS) is 15.8. The van der Waals surface area contributed by atoms with E-state index >= 15 is 0 Å². The Bertz CT molecular complexity index is 886. The minimum atomic E-state index is -0.598. The molecule has 7 heteroatoms. The first kappa shape index (κ1) is 18.0. The highest BCUT2D eigenvalue weighted by Crippen LogP contribution is 2.33. The quantitative estimate of drug-likeness (QED) is 0.596. The molecule has 0 spiro atoms. The predicted octanol–water partition coefficient (Wildman–Crippen LogP) is 3.39. The molecule has 6 nitrogen and oxygen atoms in total. The average Bonchev–Trinajstić information content (AvgIpc) is 3.11. The van der Waals surface area contributed by atoms with Gasteiger partial charge < -0.3 is 9.30 Å². The zero-order chi connectivity index (χ0) is 18.7. The van der Waals surface area contributed by atoms with E-state index in [0.29, 0.717) is 0 Å². The number of rotatable bonds is 5. The molecule has 1 aliphatic heterocycles. The Morgan fingerprint density at radius 2 is 1.88 bits per heavy atom. The summed E-state index contributed by atoms with van der Waals surface area (Å²) < 4.78 is 6.82. The summed E-state index contributed by atoms with van der Waals surface area (Å²) >= 11 is 0.827. The van der Waals surface area contributed by atoms with Crippen LogP contribution in [0.15, 0.2) is 47.4 Å². The molecule has 0 bridgehead atoms. The van der Waals surface area contributed by atoms with Crippen LogP contribution in [0.2, 0.25) is 0 Å². The molecule has 3 rings (SSSR count). The van der Waals surface area contributed by atoms with Crippen LogP contribution in [0.4, 0.5) is 4.79 Å². The van der Waals surface area contributed by atoms with Crippen LogP contribution in [0.3, 0.4) is 0 Å². The number of amides is 2. The molecule has 0 unspecified atom stereocenters. The lowest BCUT2D eigenvalue weighted by Gasteiger charge is -2.11. The summed E-state index contributed by atoms with van der Waals surface area (Å²) in [5, 5.41) is -0.469. The summed E-state index contributed by atoms with van der Waals surface area (Å²) in [7, 11) is 0. The van der Waals surface area contributed by atoms with Gasteiger partial charge in [0.2, 0.25) is 0 Å². The van der Waals surface area contributed by atoms with Crippen molar-refractivity contribution >= 4 is 35.0 Å². The molecule has 2 amide bonds. The zero-order valence-corrected chi connectivity index (χ0v) is 15.3. The molecule has 1 aromatic carbocycles. The van der Waals surface area contributed by atoms with Gasteiger partial charge in [-0.3, -0.25) is 19.3 Å². The Hall–Kier alpha value is -2.80. The van der Waals surface area contributed by atoms with E-state index in [1.165, 1.54) is 0 Å². The van der Waals surface area contributed by atoms with Gasteiger partial charge in [0.05, 0.1) is 11.5 Å². The van der Waals surface area contributed by atoms with Gasteiger partial charge in [0.15, 0.2) is 0 Å². The zero-order valence-electron chi connectivity index (χ0n) is 14.5. The Kier molecular flexibility index (Phi) is 5.27. The summed E-state index contributed by atoms with van der Waals surface area (Å²) in [6.45, 7) is 3.48. The van der Waals surface area contributed by atoms with Crippen LogP contribution >= 0.6 is 11.8 Å². The third-order valence-electron chi connectivity index (χ3n) is 3.87. The molecule has 1 fully saturated rings. The number of thioether (sulfide) groups is 1. The van der Waals surface area contributed by atoms with Crippen LogP contribution in [0, 0.1) is 6.92 Å². The van der Waals surface area contributed by atoms with E-state index in [-0.39, 0.29) is 18.1 Å². The van der Waals surface area contributed by atoms with Gasteiger partial charge in [-0.15, -0.1) is 0 Å². The summed E-state index contributed by atoms with van der Waals surface area (Å²) in [5.41, 5.74) is 2.76. The number of nitrogens with zero attached hydrogens (tertiary/aromatic N) is 2. The number of esters is 1. The topological polar surface area (TPSA) is 68.6 Å². The number of aryl methyl sites for hydroxylation is 1. The number of para-hydroxylation sites is 1. The summed E-state index contributed by atoms with van der Waals surface area (Å²) in [5.74, 6) is -1.08. The van der Waals surface area contributed by atoms with E-state index in [0.717, 1.165) is 33.7 Å². The highest BCUT2D eigenvalue weighted by molar-refractivity contribution is 8.18. The van der Waals surface area contributed by atoms with Gasteiger partial charge in [-0.1, -0.05) is 18.2 Å². The molecule has 0 atom stereocenters. The lowest BCUT2D eigenvalue weighted by atomic mass is 10.3. The fourth-order valence-electron chi connectivity index (χ4n) is 2.71. The Morgan fingerprint density at radius 3 is 2.58 bits per heavy atom. The van der Waals surface area contributed by atoms with Gasteiger partial charge in [-0.25, -0.2) is 0 Å². The molecule has 2 aromatic rings. The minimum Gasteiger partial charge on any atom is -0.465 e. The predicted molar refractivity (Wildman–Crippen MR) is 99.8 cm³/mol. The number of carbonyl (C=O) groups excluding carboxylic acids is 3. The van der Waals surface area contributed by atoms with Gasteiger partial charge >= 0.3 is 5.97 Å². The van der Waals surface area contributed by atoms with Crippen molar-refractivity contribution in [2.75, 3.05) is 13.2 Å². The van der Waals surface area contributed by atoms with E-state index < -0.39 is 17.1 Å². The van der Waals surface area contributed by atoms with Gasteiger partial charge in [0.1, 0.15) is 6.54 Å². The number of imide groups is 1. The summed E-state index contributed by atoms with van der Waals surface area (Å²) in [6, 6.07) is 13.6. The number of ether oxygens (including phenoxy) is 1. The van der Waals surface area contributed by atoms with Crippen molar-refractivity contribution in [2.45, 2.75) is 13.8 Å². The van der Waals surface area contributed by atoms with Crippen molar-refractivity contribution in [3.63, 3.8) is 0 Å². The molecule has 1 aliphatic rings. The van der Waals surface area contributed by atoms with Crippen LogP contribution in [0.5, 0.6) is 0 Å². The van der Waals surface area contributed by atoms with E-state index in [1.807, 2.05) is 54.0 Å². The van der Waals surface area contributed by atoms with Crippen molar-refractivity contribution in [1.29, 1.82) is 0 Å². The standard InChI is InChI=1S/C19H18N2O4S/c1-3-25-17(22)12-20-18(23)16(26-19(20)24)11-15-10-9-13(2)21(15)14-7-5-4-6-8-14/h4-11H,3,12H2,1-2H3/b16-11+. The fourth-order valence-corrected chi connectivity index (χ4v) is 3.53. The molecule has 2 heterocycles. The Morgan fingerprint density at radius 1 is 1.15 bits per heavy atom. The molecule has 0 aliphatic carbocycles. The Balaban J connectivity index is 1.89. The highest BCUT2D eigenvalue weighted by Gasteiger charge is 2.36. The first-order chi connectivity index (χ1) is 12.5. The van der Waals surface area contributed by atoms with Crippen LogP contribution in [-0.4, -0.2) is 39.7 Å². The fraction of sp³-hybridized carbons (Fsp3) is 0.211. The largest absolute Gasteiger partial charge is 0.465 e. The average molecular weight is 370 g/mol. The maximum atomic E-state index is 12.5. The number of hydrogen-bond acceptors (Lipinski definition) is 5. The van der Waals surface area contributed by atoms with Crippen LogP contribution < -0.4 is 0 Å². The van der Waals surface area contributed by atoms with E-state index in [2.05, 4.69) is 0 Å². The molecule has 0 radical (unpaired) electrons. The lowest BCUT2D eigenvalue weighted by molar-refractivity contribution is -0.145. The second-order valence-electron chi connectivity index (χ2n) is 5.64. The van der Waals surface area contributed by atoms with Crippen molar-refractivity contribution in [3.8, 4) is 5.69 Å². The molecule has 0 saturated carbocycles. The van der Waals surface area contributed by atoms with E-state index in [9.17, 15) is 14.4 Å². The first-order valence-electron chi connectivity index (χ1n) is 8.16. The van der Waals surface area contributed by atoms with Gasteiger partial charge in [0.25, 0.3) is 11.1 Å². The summed E-state index contributed by atoms with van der Waals surface area (Å²) in [6.07, 6.45) is 1.68. The van der Waals surface area contributed by atoms with Crippen LogP contribution in [0.25, 0.3) is 11.8 Å². The third kappa shape index (κ3) is 3.57. The Labute approximate surface area is 155 Å². The van der Waals surface area contributed by atoms with Gasteiger partial charge in [-0.05, 0) is 56.0 Å². The lowest BCUT2D eigenvalue weighted by Crippen LogP contribution is -2.34. The van der Waals surface area contributed by atoms with Crippen molar-refractivity contribution < 1.29 is 19.1 Å². The molecule has 0 N–H and O–H groups in total. The van der Waals surface area contributed by atoms with Crippen molar-refractivity contribution in [1.82, 2.24) is 9.47 Å². The second-order valence-corrected chi connectivity index (χ2v) is 6.64. The SMILES string of the molecule is CCOC(=O)CN1C(=O)S/C(=C/c2ccc(C)n2-c2ccccc2)C1=O. The van der Waals surface area contributed by atoms with Crippen molar-refractivity contribution in [3.05, 3.63) is 58.8 Å². The molecular formula is C19H18N2O4S. The number of carbonyl (C=O) groups is 3. The maximum Gasteiger partial charge on any atom is 0.326 e. The number of hydrogen-bond donors (Lipinski definition) is 0. The molecule has 26 heavy (non-hydrogen) atoms. The van der Waals surface area contributed by atoms with E-state index in [4.69, 9.17) is 4.74 Å². The van der Waals surface area contributed by atoms with Gasteiger partial charge in [0, 0.05) is 17.1 Å². The second kappa shape index (κ2) is 7.61. The van der Waals surface area contributed by atoms with Crippen LogP contribution in [0.1, 0.15) is 18.3 Å². The van der Waals surface area contributed by atoms with E-state index in [1.54, 1.807) is 13.0 Å². The smallest absolute Gasteiger partial charge is 0.326 e. The first-order valence-corrected chi connectivity index (χ1v) is 8.97. The number of aromatic nitrogens is 1. The third-order valence-corrected chi connectivity index (χ3v) is 4.77. The highest BCUT2D eigenvalue weighted by atomic mass is 32.2. The van der Waals surface area contributed by atoms with Crippen LogP contribution in [-0.2, 0) is 14.3 Å². The monoisotopic (exact) mass is 370 g/mol.